The number of fused-ring (bicyclic) bond motifs is 2. The quantitative estimate of drug-likeness (QED) is 0.759. The number of rotatable bonds is 1. The zero-order chi connectivity index (χ0) is 17.8. The van der Waals surface area contributed by atoms with Crippen LogP contribution in [0.25, 0.3) is 17.2 Å². The van der Waals surface area contributed by atoms with Crippen LogP contribution in [0.3, 0.4) is 0 Å². The van der Waals surface area contributed by atoms with E-state index in [2.05, 4.69) is 42.6 Å². The Labute approximate surface area is 150 Å². The minimum Gasteiger partial charge on any atom is -0.488 e. The maximum Gasteiger partial charge on any atom is 0.260 e. The van der Waals surface area contributed by atoms with Crippen LogP contribution in [0.4, 0.5) is 10.1 Å². The average Bonchev–Trinajstić information content (AvgIpc) is 3.31. The molecule has 128 valence electrons. The second-order valence-electron chi connectivity index (χ2n) is 6.83. The molecule has 0 saturated heterocycles. The van der Waals surface area contributed by atoms with Crippen LogP contribution >= 0.6 is 0 Å². The number of hydrogen-bond donors (Lipinski definition) is 1. The van der Waals surface area contributed by atoms with Crippen LogP contribution in [0.1, 0.15) is 35.1 Å². The third kappa shape index (κ3) is 2.22. The zero-order valence-corrected chi connectivity index (χ0v) is 14.2. The fourth-order valence-corrected chi connectivity index (χ4v) is 3.78. The van der Waals surface area contributed by atoms with Crippen molar-refractivity contribution in [1.29, 1.82) is 0 Å². The number of anilines is 1. The summed E-state index contributed by atoms with van der Waals surface area (Å²) < 4.78 is 19.2. The molecule has 4 heteroatoms. The fraction of sp³-hybridized carbons (Fsp3) is 0.136. The van der Waals surface area contributed by atoms with Crippen molar-refractivity contribution < 1.29 is 13.9 Å². The Balaban J connectivity index is 1.56. The zero-order valence-electron chi connectivity index (χ0n) is 14.2. The van der Waals surface area contributed by atoms with E-state index < -0.39 is 0 Å². The molecule has 2 aliphatic heterocycles. The first-order valence-electron chi connectivity index (χ1n) is 8.61. The number of ether oxygens (including phenoxy) is 1. The highest BCUT2D eigenvalue weighted by atomic mass is 19.1. The molecule has 3 aliphatic rings. The summed E-state index contributed by atoms with van der Waals surface area (Å²) in [6.07, 6.45) is 6.26. The molecule has 2 aromatic carbocycles. The highest BCUT2D eigenvalue weighted by Gasteiger charge is 2.30. The molecule has 0 fully saturated rings. The van der Waals surface area contributed by atoms with E-state index in [1.807, 2.05) is 6.08 Å². The summed E-state index contributed by atoms with van der Waals surface area (Å²) >= 11 is 0. The molecule has 5 rings (SSSR count). The Morgan fingerprint density at radius 2 is 2.08 bits per heavy atom. The van der Waals surface area contributed by atoms with Gasteiger partial charge in [0.25, 0.3) is 5.91 Å². The maximum atomic E-state index is 13.4. The summed E-state index contributed by atoms with van der Waals surface area (Å²) in [6.45, 7) is 2.60. The van der Waals surface area contributed by atoms with Crippen molar-refractivity contribution in [1.82, 2.24) is 0 Å². The largest absolute Gasteiger partial charge is 0.488 e. The van der Waals surface area contributed by atoms with Crippen LogP contribution in [-0.2, 0) is 9.53 Å². The first-order valence-corrected chi connectivity index (χ1v) is 8.61. The minimum atomic E-state index is -0.376. The number of carbonyl (C=O) groups is 1. The van der Waals surface area contributed by atoms with E-state index in [1.54, 1.807) is 6.07 Å². The third-order valence-corrected chi connectivity index (χ3v) is 5.17. The van der Waals surface area contributed by atoms with Crippen LogP contribution in [0.2, 0.25) is 0 Å². The number of halogens is 1. The Morgan fingerprint density at radius 1 is 1.19 bits per heavy atom. The van der Waals surface area contributed by atoms with E-state index in [0.717, 1.165) is 11.1 Å². The van der Waals surface area contributed by atoms with Gasteiger partial charge in [-0.1, -0.05) is 31.2 Å². The highest BCUT2D eigenvalue weighted by Crippen LogP contribution is 2.39. The summed E-state index contributed by atoms with van der Waals surface area (Å²) in [5.74, 6) is 0.347. The van der Waals surface area contributed by atoms with Gasteiger partial charge in [-0.15, -0.1) is 0 Å². The lowest BCUT2D eigenvalue weighted by Gasteiger charge is -2.07. The molecular weight excluding hydrogens is 329 g/mol. The molecule has 26 heavy (non-hydrogen) atoms. The molecule has 1 amide bonds. The summed E-state index contributed by atoms with van der Waals surface area (Å²) in [5, 5.41) is 2.70. The lowest BCUT2D eigenvalue weighted by molar-refractivity contribution is -0.110. The van der Waals surface area contributed by atoms with E-state index in [4.69, 9.17) is 4.74 Å². The minimum absolute atomic E-state index is 0.260. The second-order valence-corrected chi connectivity index (χ2v) is 6.83. The molecular formula is C22H16FNO2. The Bertz CT molecular complexity index is 1060. The molecule has 2 aromatic rings. The predicted octanol–water partition coefficient (Wildman–Crippen LogP) is 4.73. The van der Waals surface area contributed by atoms with Gasteiger partial charge in [-0.3, -0.25) is 4.79 Å². The highest BCUT2D eigenvalue weighted by molar-refractivity contribution is 6.32. The normalized spacial score (nSPS) is 22.8. The standard InChI is InChI=1S/C22H16FNO2/c1-12-2-3-14-8-13(4-6-17(12)14)15-9-20(26-11-15)21-18-7-5-16(23)10-19(18)24-22(21)25/h2-10,12H,11H2,1H3,(H,24,25)/b21-20+. The first kappa shape index (κ1) is 15.1. The first-order chi connectivity index (χ1) is 12.6. The van der Waals surface area contributed by atoms with Gasteiger partial charge < -0.3 is 10.1 Å². The lowest BCUT2D eigenvalue weighted by atomic mass is 9.97. The molecule has 0 spiro atoms. The van der Waals surface area contributed by atoms with Crippen LogP contribution in [-0.4, -0.2) is 12.5 Å². The van der Waals surface area contributed by atoms with Gasteiger partial charge in [0, 0.05) is 11.1 Å². The smallest absolute Gasteiger partial charge is 0.260 e. The van der Waals surface area contributed by atoms with Crippen molar-refractivity contribution in [2.24, 2.45) is 0 Å². The van der Waals surface area contributed by atoms with E-state index in [0.29, 0.717) is 35.1 Å². The number of nitrogens with one attached hydrogen (secondary N) is 1. The van der Waals surface area contributed by atoms with Gasteiger partial charge >= 0.3 is 0 Å². The van der Waals surface area contributed by atoms with Gasteiger partial charge in [0.05, 0.1) is 11.3 Å². The molecule has 2 heterocycles. The molecule has 0 bridgehead atoms. The number of allylic oxidation sites excluding steroid dienone is 2. The van der Waals surface area contributed by atoms with Crippen LogP contribution in [0.5, 0.6) is 0 Å². The monoisotopic (exact) mass is 345 g/mol. The molecule has 1 atom stereocenters. The molecule has 3 nitrogen and oxygen atoms in total. The van der Waals surface area contributed by atoms with Crippen molar-refractivity contribution in [3.05, 3.63) is 82.4 Å². The maximum absolute atomic E-state index is 13.4. The Kier molecular flexibility index (Phi) is 3.16. The number of carbonyl (C=O) groups excluding carboxylic acids is 1. The predicted molar refractivity (Wildman–Crippen MR) is 99.8 cm³/mol. The number of hydrogen-bond acceptors (Lipinski definition) is 2. The Morgan fingerprint density at radius 3 is 2.96 bits per heavy atom. The summed E-state index contributed by atoms with van der Waals surface area (Å²) in [4.78, 5) is 12.4. The molecule has 1 aliphatic carbocycles. The van der Waals surface area contributed by atoms with Gasteiger partial charge in [0.1, 0.15) is 18.2 Å². The van der Waals surface area contributed by atoms with Crippen LogP contribution in [0, 0.1) is 5.82 Å². The van der Waals surface area contributed by atoms with Gasteiger partial charge in [0.2, 0.25) is 0 Å². The van der Waals surface area contributed by atoms with E-state index in [9.17, 15) is 9.18 Å². The van der Waals surface area contributed by atoms with Crippen molar-refractivity contribution >= 4 is 28.8 Å². The van der Waals surface area contributed by atoms with Gasteiger partial charge in [-0.05, 0) is 52.9 Å². The van der Waals surface area contributed by atoms with Crippen molar-refractivity contribution in [2.75, 3.05) is 11.9 Å². The van der Waals surface area contributed by atoms with Gasteiger partial charge in [0.15, 0.2) is 0 Å². The third-order valence-electron chi connectivity index (χ3n) is 5.17. The lowest BCUT2D eigenvalue weighted by Crippen LogP contribution is -2.05. The fourth-order valence-electron chi connectivity index (χ4n) is 3.78. The van der Waals surface area contributed by atoms with Crippen LogP contribution < -0.4 is 5.32 Å². The Hall–Kier alpha value is -3.14. The van der Waals surface area contributed by atoms with Crippen molar-refractivity contribution in [3.8, 4) is 0 Å². The molecule has 0 aromatic heterocycles. The second kappa shape index (κ2) is 5.43. The number of amides is 1. The summed E-state index contributed by atoms with van der Waals surface area (Å²) in [5.41, 5.74) is 6.32. The summed E-state index contributed by atoms with van der Waals surface area (Å²) in [6, 6.07) is 10.7. The molecule has 1 unspecified atom stereocenters. The van der Waals surface area contributed by atoms with E-state index >= 15 is 0 Å². The SMILES string of the molecule is CC1C=Cc2cc(C3=C/C(=C4\C(=O)Nc5cc(F)ccc54)OC3)ccc21. The van der Waals surface area contributed by atoms with Crippen molar-refractivity contribution in [3.63, 3.8) is 0 Å². The molecule has 0 saturated carbocycles. The van der Waals surface area contributed by atoms with Crippen molar-refractivity contribution in [2.45, 2.75) is 12.8 Å². The number of benzene rings is 2. The van der Waals surface area contributed by atoms with E-state index in [1.165, 1.54) is 23.3 Å². The topological polar surface area (TPSA) is 38.3 Å². The molecule has 1 N–H and O–H groups in total. The average molecular weight is 345 g/mol. The summed E-state index contributed by atoms with van der Waals surface area (Å²) in [7, 11) is 0. The van der Waals surface area contributed by atoms with Crippen LogP contribution in [0.15, 0.2) is 54.3 Å². The van der Waals surface area contributed by atoms with Gasteiger partial charge in [-0.25, -0.2) is 4.39 Å². The molecule has 0 radical (unpaired) electrons. The van der Waals surface area contributed by atoms with E-state index in [-0.39, 0.29) is 11.7 Å². The van der Waals surface area contributed by atoms with Gasteiger partial charge in [-0.2, -0.15) is 0 Å².